The first-order valence-corrected chi connectivity index (χ1v) is 15.7. The molecule has 8 aromatic rings. The van der Waals surface area contributed by atoms with Crippen molar-refractivity contribution < 1.29 is 4.42 Å². The number of aromatic nitrogens is 3. The number of allylic oxidation sites excluding steroid dienone is 1. The van der Waals surface area contributed by atoms with Crippen LogP contribution in [0.3, 0.4) is 0 Å². The molecule has 46 heavy (non-hydrogen) atoms. The highest BCUT2D eigenvalue weighted by molar-refractivity contribution is 6.01. The lowest BCUT2D eigenvalue weighted by Crippen LogP contribution is -2.13. The minimum absolute atomic E-state index is 0.0920. The van der Waals surface area contributed by atoms with E-state index < -0.39 is 0 Å². The molecule has 2 atom stereocenters. The van der Waals surface area contributed by atoms with Crippen molar-refractivity contribution in [2.45, 2.75) is 12.8 Å². The van der Waals surface area contributed by atoms with E-state index in [-0.39, 0.29) is 11.8 Å². The van der Waals surface area contributed by atoms with Gasteiger partial charge in [0.1, 0.15) is 11.3 Å². The third kappa shape index (κ3) is 4.33. The molecule has 0 spiro atoms. The molecule has 4 heteroatoms. The second-order valence-corrected chi connectivity index (χ2v) is 12.1. The Hall–Kier alpha value is -5.87. The minimum Gasteiger partial charge on any atom is -0.460 e. The van der Waals surface area contributed by atoms with Gasteiger partial charge in [0.05, 0.1) is 0 Å². The zero-order valence-electron chi connectivity index (χ0n) is 25.3. The highest BCUT2D eigenvalue weighted by atomic mass is 16.3. The van der Waals surface area contributed by atoms with E-state index in [9.17, 15) is 0 Å². The molecule has 2 aromatic heterocycles. The summed E-state index contributed by atoms with van der Waals surface area (Å²) in [5.74, 6) is 3.26. The van der Waals surface area contributed by atoms with Crippen LogP contribution in [0.2, 0.25) is 0 Å². The predicted molar refractivity (Wildman–Crippen MR) is 187 cm³/mol. The van der Waals surface area contributed by atoms with Gasteiger partial charge in [0, 0.05) is 33.6 Å². The summed E-state index contributed by atoms with van der Waals surface area (Å²) < 4.78 is 6.77. The Balaban J connectivity index is 1.26. The van der Waals surface area contributed by atoms with Crippen molar-refractivity contribution in [3.05, 3.63) is 156 Å². The zero-order chi connectivity index (χ0) is 30.6. The van der Waals surface area contributed by atoms with Crippen molar-refractivity contribution in [1.82, 2.24) is 15.0 Å². The summed E-state index contributed by atoms with van der Waals surface area (Å²) in [7, 11) is 0. The number of fused-ring (bicyclic) bond motifs is 5. The lowest BCUT2D eigenvalue weighted by Gasteiger charge is -2.24. The summed E-state index contributed by atoms with van der Waals surface area (Å²) in [5, 5.41) is 5.76. The van der Waals surface area contributed by atoms with Crippen LogP contribution in [0.1, 0.15) is 29.7 Å². The van der Waals surface area contributed by atoms with Gasteiger partial charge in [0.25, 0.3) is 0 Å². The van der Waals surface area contributed by atoms with E-state index in [4.69, 9.17) is 19.4 Å². The SMILES string of the molecule is CC1C=Cc2c(oc3cccc(-c4nc(-c5ccccc5)nc(-c5cccc6ccccc56)n4)c23)C1c1ccc2ccccc2c1. The number of benzene rings is 6. The van der Waals surface area contributed by atoms with Crippen LogP contribution in [0, 0.1) is 5.92 Å². The highest BCUT2D eigenvalue weighted by Gasteiger charge is 2.31. The molecule has 0 saturated heterocycles. The predicted octanol–water partition coefficient (Wildman–Crippen LogP) is 10.7. The topological polar surface area (TPSA) is 51.8 Å². The molecular weight excluding hydrogens is 562 g/mol. The van der Waals surface area contributed by atoms with Crippen molar-refractivity contribution >= 4 is 38.6 Å². The lowest BCUT2D eigenvalue weighted by molar-refractivity contribution is 0.469. The van der Waals surface area contributed by atoms with Crippen molar-refractivity contribution in [1.29, 1.82) is 0 Å². The van der Waals surface area contributed by atoms with Gasteiger partial charge >= 0.3 is 0 Å². The Kier molecular flexibility index (Phi) is 6.13. The Morgan fingerprint density at radius 1 is 0.565 bits per heavy atom. The van der Waals surface area contributed by atoms with Gasteiger partial charge in [-0.2, -0.15) is 0 Å². The van der Waals surface area contributed by atoms with Crippen LogP contribution in [-0.4, -0.2) is 15.0 Å². The standard InChI is InChI=1S/C42H29N3O/c1-26-21-24-34-38-35(19-10-20-36(38)46-39(34)37(26)31-23-22-27-11-5-6-15-30(27)25-31)42-44-40(29-13-3-2-4-14-29)43-41(45-42)33-18-9-16-28-12-7-8-17-32(28)33/h2-26,37H,1H3. The molecule has 9 rings (SSSR count). The third-order valence-corrected chi connectivity index (χ3v) is 9.23. The third-order valence-electron chi connectivity index (χ3n) is 9.23. The van der Waals surface area contributed by atoms with Crippen LogP contribution < -0.4 is 0 Å². The maximum absolute atomic E-state index is 6.77. The van der Waals surface area contributed by atoms with Gasteiger partial charge < -0.3 is 4.42 Å². The van der Waals surface area contributed by atoms with Gasteiger partial charge in [0.2, 0.25) is 0 Å². The number of hydrogen-bond donors (Lipinski definition) is 0. The fraction of sp³-hybridized carbons (Fsp3) is 0.0714. The first-order chi connectivity index (χ1) is 22.7. The monoisotopic (exact) mass is 591 g/mol. The first kappa shape index (κ1) is 26.5. The zero-order valence-corrected chi connectivity index (χ0v) is 25.3. The van der Waals surface area contributed by atoms with Gasteiger partial charge in [-0.05, 0) is 39.1 Å². The molecule has 0 saturated carbocycles. The Labute approximate surface area is 266 Å². The minimum atomic E-state index is 0.0920. The fourth-order valence-corrected chi connectivity index (χ4v) is 6.98. The maximum Gasteiger partial charge on any atom is 0.164 e. The number of rotatable bonds is 4. The number of nitrogens with zero attached hydrogens (tertiary/aromatic N) is 3. The Morgan fingerprint density at radius 3 is 2.11 bits per heavy atom. The van der Waals surface area contributed by atoms with Crippen LogP contribution in [0.25, 0.3) is 72.8 Å². The largest absolute Gasteiger partial charge is 0.460 e. The average molecular weight is 592 g/mol. The van der Waals surface area contributed by atoms with Gasteiger partial charge in [-0.3, -0.25) is 0 Å². The van der Waals surface area contributed by atoms with E-state index in [1.807, 2.05) is 36.4 Å². The molecular formula is C42H29N3O. The summed E-state index contributed by atoms with van der Waals surface area (Å²) in [5.41, 5.74) is 6.03. The second kappa shape index (κ2) is 10.6. The molecule has 2 heterocycles. The molecule has 2 unspecified atom stereocenters. The Bertz CT molecular complexity index is 2450. The molecule has 0 amide bonds. The van der Waals surface area contributed by atoms with Crippen LogP contribution in [0.15, 0.2) is 144 Å². The van der Waals surface area contributed by atoms with Gasteiger partial charge in [-0.1, -0.05) is 146 Å². The van der Waals surface area contributed by atoms with Crippen molar-refractivity contribution in [3.63, 3.8) is 0 Å². The lowest BCUT2D eigenvalue weighted by atomic mass is 9.79. The summed E-state index contributed by atoms with van der Waals surface area (Å²) >= 11 is 0. The van der Waals surface area contributed by atoms with Crippen LogP contribution in [-0.2, 0) is 0 Å². The van der Waals surface area contributed by atoms with E-state index in [1.54, 1.807) is 0 Å². The van der Waals surface area contributed by atoms with Crippen LogP contribution in [0.4, 0.5) is 0 Å². The number of furan rings is 1. The first-order valence-electron chi connectivity index (χ1n) is 15.7. The van der Waals surface area contributed by atoms with Crippen molar-refractivity contribution in [3.8, 4) is 34.2 Å². The molecule has 1 aliphatic carbocycles. The molecule has 1 aliphatic rings. The molecule has 0 radical (unpaired) electrons. The van der Waals surface area contributed by atoms with Crippen molar-refractivity contribution in [2.24, 2.45) is 5.92 Å². The summed E-state index contributed by atoms with van der Waals surface area (Å²) in [4.78, 5) is 15.3. The summed E-state index contributed by atoms with van der Waals surface area (Å²) in [6.07, 6.45) is 4.52. The summed E-state index contributed by atoms with van der Waals surface area (Å²) in [6, 6.07) is 46.3. The van der Waals surface area contributed by atoms with Gasteiger partial charge in [-0.15, -0.1) is 0 Å². The maximum atomic E-state index is 6.77. The smallest absolute Gasteiger partial charge is 0.164 e. The van der Waals surface area contributed by atoms with Crippen LogP contribution in [0.5, 0.6) is 0 Å². The molecule has 4 nitrogen and oxygen atoms in total. The van der Waals surface area contributed by atoms with Crippen LogP contribution >= 0.6 is 0 Å². The van der Waals surface area contributed by atoms with Crippen molar-refractivity contribution in [2.75, 3.05) is 0 Å². The van der Waals surface area contributed by atoms with E-state index >= 15 is 0 Å². The summed E-state index contributed by atoms with van der Waals surface area (Å²) in [6.45, 7) is 2.27. The van der Waals surface area contributed by atoms with E-state index in [2.05, 4.69) is 116 Å². The highest BCUT2D eigenvalue weighted by Crippen LogP contribution is 2.46. The molecule has 0 aliphatic heterocycles. The van der Waals surface area contributed by atoms with E-state index in [0.717, 1.165) is 49.8 Å². The molecule has 218 valence electrons. The van der Waals surface area contributed by atoms with Gasteiger partial charge in [0.15, 0.2) is 17.5 Å². The second-order valence-electron chi connectivity index (χ2n) is 12.1. The average Bonchev–Trinajstić information content (AvgIpc) is 3.50. The molecule has 0 fully saturated rings. The quantitative estimate of drug-likeness (QED) is 0.204. The fourth-order valence-electron chi connectivity index (χ4n) is 6.98. The van der Waals surface area contributed by atoms with Gasteiger partial charge in [-0.25, -0.2) is 15.0 Å². The molecule has 0 N–H and O–H groups in total. The van der Waals surface area contributed by atoms with E-state index in [0.29, 0.717) is 17.5 Å². The normalized spacial score (nSPS) is 15.8. The van der Waals surface area contributed by atoms with E-state index in [1.165, 1.54) is 16.3 Å². The molecule has 0 bridgehead atoms. The molecule has 6 aromatic carbocycles. The number of hydrogen-bond acceptors (Lipinski definition) is 4. The Morgan fingerprint density at radius 2 is 1.24 bits per heavy atom.